The number of amides is 1. The van der Waals surface area contributed by atoms with E-state index in [2.05, 4.69) is 5.32 Å². The first kappa shape index (κ1) is 16.0. The van der Waals surface area contributed by atoms with Crippen molar-refractivity contribution in [3.8, 4) is 23.0 Å². The lowest BCUT2D eigenvalue weighted by Crippen LogP contribution is -2.12. The van der Waals surface area contributed by atoms with Crippen LogP contribution in [-0.4, -0.2) is 26.9 Å². The molecule has 0 spiro atoms. The van der Waals surface area contributed by atoms with E-state index < -0.39 is 0 Å². The molecule has 0 aliphatic carbocycles. The van der Waals surface area contributed by atoms with Crippen LogP contribution in [0.25, 0.3) is 0 Å². The van der Waals surface area contributed by atoms with Crippen LogP contribution in [0.15, 0.2) is 36.4 Å². The number of hydrogen-bond donors (Lipinski definition) is 1. The van der Waals surface area contributed by atoms with E-state index in [0.717, 1.165) is 17.1 Å². The predicted octanol–water partition coefficient (Wildman–Crippen LogP) is 3.00. The Bertz CT molecular complexity index is 744. The first-order valence-corrected chi connectivity index (χ1v) is 7.60. The molecule has 24 heavy (non-hydrogen) atoms. The van der Waals surface area contributed by atoms with Gasteiger partial charge in [0.15, 0.2) is 11.5 Å². The zero-order chi connectivity index (χ0) is 16.9. The number of carbonyl (C=O) groups is 1. The van der Waals surface area contributed by atoms with E-state index in [4.69, 9.17) is 18.9 Å². The summed E-state index contributed by atoms with van der Waals surface area (Å²) in [6, 6.07) is 10.9. The summed E-state index contributed by atoms with van der Waals surface area (Å²) in [5, 5.41) is 2.86. The van der Waals surface area contributed by atoms with Gasteiger partial charge in [-0.25, -0.2) is 0 Å². The number of anilines is 1. The normalized spacial score (nSPS) is 11.9. The minimum Gasteiger partial charge on any atom is -0.497 e. The highest BCUT2D eigenvalue weighted by Crippen LogP contribution is 2.34. The van der Waals surface area contributed by atoms with Crippen molar-refractivity contribution >= 4 is 11.6 Å². The molecule has 0 atom stereocenters. The molecule has 6 nitrogen and oxygen atoms in total. The van der Waals surface area contributed by atoms with Crippen LogP contribution < -0.4 is 24.3 Å². The number of fused-ring (bicyclic) bond motifs is 1. The topological polar surface area (TPSA) is 66.0 Å². The molecule has 3 rings (SSSR count). The number of methoxy groups -OCH3 is 2. The lowest BCUT2D eigenvalue weighted by molar-refractivity contribution is -0.116. The molecule has 0 radical (unpaired) electrons. The number of carbonyl (C=O) groups excluding carboxylic acids is 1. The number of ether oxygens (including phenoxy) is 4. The van der Waals surface area contributed by atoms with Crippen LogP contribution in [0.5, 0.6) is 23.0 Å². The van der Waals surface area contributed by atoms with Gasteiger partial charge in [0.2, 0.25) is 12.7 Å². The Balaban J connectivity index is 1.61. The smallest absolute Gasteiger partial charge is 0.231 e. The highest BCUT2D eigenvalue weighted by Gasteiger charge is 2.14. The average Bonchev–Trinajstić information content (AvgIpc) is 3.07. The zero-order valence-electron chi connectivity index (χ0n) is 13.6. The molecule has 0 fully saturated rings. The summed E-state index contributed by atoms with van der Waals surface area (Å²) in [6.45, 7) is 0.211. The van der Waals surface area contributed by atoms with Crippen molar-refractivity contribution in [2.45, 2.75) is 12.8 Å². The van der Waals surface area contributed by atoms with Crippen LogP contribution in [0.4, 0.5) is 5.69 Å². The molecule has 0 aromatic heterocycles. The third-order valence-corrected chi connectivity index (χ3v) is 3.77. The summed E-state index contributed by atoms with van der Waals surface area (Å²) in [4.78, 5) is 12.2. The van der Waals surface area contributed by atoms with Crippen molar-refractivity contribution < 1.29 is 23.7 Å². The third kappa shape index (κ3) is 3.53. The zero-order valence-corrected chi connectivity index (χ0v) is 13.6. The Labute approximate surface area is 140 Å². The summed E-state index contributed by atoms with van der Waals surface area (Å²) in [5.74, 6) is 2.73. The molecule has 0 bridgehead atoms. The highest BCUT2D eigenvalue weighted by atomic mass is 16.7. The van der Waals surface area contributed by atoms with E-state index in [0.29, 0.717) is 30.0 Å². The molecule has 0 saturated heterocycles. The third-order valence-electron chi connectivity index (χ3n) is 3.77. The highest BCUT2D eigenvalue weighted by molar-refractivity contribution is 5.91. The second-order valence-electron chi connectivity index (χ2n) is 5.29. The van der Waals surface area contributed by atoms with Crippen molar-refractivity contribution in [1.29, 1.82) is 0 Å². The largest absolute Gasteiger partial charge is 0.497 e. The van der Waals surface area contributed by atoms with Gasteiger partial charge in [-0.05, 0) is 42.3 Å². The fourth-order valence-electron chi connectivity index (χ4n) is 2.52. The molecule has 126 valence electrons. The maximum atomic E-state index is 12.2. The van der Waals surface area contributed by atoms with E-state index >= 15 is 0 Å². The first-order valence-electron chi connectivity index (χ1n) is 7.60. The maximum Gasteiger partial charge on any atom is 0.231 e. The van der Waals surface area contributed by atoms with Crippen molar-refractivity contribution in [1.82, 2.24) is 0 Å². The van der Waals surface area contributed by atoms with Crippen molar-refractivity contribution in [2.24, 2.45) is 0 Å². The Morgan fingerprint density at radius 2 is 1.92 bits per heavy atom. The number of aryl methyl sites for hydroxylation is 1. The maximum absolute atomic E-state index is 12.2. The predicted molar refractivity (Wildman–Crippen MR) is 89.1 cm³/mol. The van der Waals surface area contributed by atoms with E-state index in [1.807, 2.05) is 18.2 Å². The van der Waals surface area contributed by atoms with Gasteiger partial charge in [0.25, 0.3) is 0 Å². The number of nitrogens with one attached hydrogen (secondary N) is 1. The molecular weight excluding hydrogens is 310 g/mol. The fraction of sp³-hybridized carbons (Fsp3) is 0.278. The molecule has 1 heterocycles. The first-order chi connectivity index (χ1) is 11.7. The molecular formula is C18H19NO5. The Kier molecular flexibility index (Phi) is 4.74. The minimum absolute atomic E-state index is 0.0845. The van der Waals surface area contributed by atoms with Crippen molar-refractivity contribution in [3.05, 3.63) is 42.0 Å². The lowest BCUT2D eigenvalue weighted by atomic mass is 10.1. The Morgan fingerprint density at radius 3 is 2.71 bits per heavy atom. The molecule has 1 amide bonds. The van der Waals surface area contributed by atoms with Gasteiger partial charge < -0.3 is 24.3 Å². The molecule has 6 heteroatoms. The summed E-state index contributed by atoms with van der Waals surface area (Å²) in [7, 11) is 3.22. The van der Waals surface area contributed by atoms with Gasteiger partial charge in [0.05, 0.1) is 14.2 Å². The fourth-order valence-corrected chi connectivity index (χ4v) is 2.52. The second kappa shape index (κ2) is 7.12. The van der Waals surface area contributed by atoms with Crippen molar-refractivity contribution in [3.63, 3.8) is 0 Å². The summed E-state index contributed by atoms with van der Waals surface area (Å²) in [5.41, 5.74) is 1.61. The van der Waals surface area contributed by atoms with Gasteiger partial charge in [-0.15, -0.1) is 0 Å². The van der Waals surface area contributed by atoms with Crippen LogP contribution in [0.2, 0.25) is 0 Å². The molecule has 2 aromatic carbocycles. The second-order valence-corrected chi connectivity index (χ2v) is 5.29. The molecule has 1 aliphatic rings. The monoisotopic (exact) mass is 329 g/mol. The number of benzene rings is 2. The lowest BCUT2D eigenvalue weighted by Gasteiger charge is -2.11. The van der Waals surface area contributed by atoms with Gasteiger partial charge in [-0.2, -0.15) is 0 Å². The average molecular weight is 329 g/mol. The molecule has 0 unspecified atom stereocenters. The molecule has 1 aliphatic heterocycles. The standard InChI is InChI=1S/C18H19NO5/c1-21-14-5-7-15(22-2)12(9-14)3-8-18(20)19-13-4-6-16-17(10-13)24-11-23-16/h4-7,9-10H,3,8,11H2,1-2H3,(H,19,20). The van der Waals surface area contributed by atoms with E-state index in [1.165, 1.54) is 0 Å². The SMILES string of the molecule is COc1ccc(OC)c(CCC(=O)Nc2ccc3c(c2)OCO3)c1. The molecule has 1 N–H and O–H groups in total. The number of rotatable bonds is 6. The van der Waals surface area contributed by atoms with Gasteiger partial charge in [0, 0.05) is 18.2 Å². The Morgan fingerprint density at radius 1 is 1.08 bits per heavy atom. The van der Waals surface area contributed by atoms with E-state index in [9.17, 15) is 4.79 Å². The van der Waals surface area contributed by atoms with Crippen LogP contribution in [0.1, 0.15) is 12.0 Å². The van der Waals surface area contributed by atoms with E-state index in [-0.39, 0.29) is 12.7 Å². The van der Waals surface area contributed by atoms with Crippen LogP contribution in [0, 0.1) is 0 Å². The van der Waals surface area contributed by atoms with Gasteiger partial charge >= 0.3 is 0 Å². The summed E-state index contributed by atoms with van der Waals surface area (Å²) < 4.78 is 21.1. The molecule has 2 aromatic rings. The summed E-state index contributed by atoms with van der Waals surface area (Å²) >= 11 is 0. The van der Waals surface area contributed by atoms with Crippen molar-refractivity contribution in [2.75, 3.05) is 26.3 Å². The van der Waals surface area contributed by atoms with Crippen LogP contribution >= 0.6 is 0 Å². The molecule has 0 saturated carbocycles. The number of hydrogen-bond acceptors (Lipinski definition) is 5. The van der Waals surface area contributed by atoms with E-state index in [1.54, 1.807) is 32.4 Å². The summed E-state index contributed by atoms with van der Waals surface area (Å²) in [6.07, 6.45) is 0.884. The minimum atomic E-state index is -0.0845. The van der Waals surface area contributed by atoms with Gasteiger partial charge in [-0.3, -0.25) is 4.79 Å². The van der Waals surface area contributed by atoms with Gasteiger partial charge in [-0.1, -0.05) is 0 Å². The van der Waals surface area contributed by atoms with Gasteiger partial charge in [0.1, 0.15) is 11.5 Å². The van der Waals surface area contributed by atoms with Crippen LogP contribution in [0.3, 0.4) is 0 Å². The quantitative estimate of drug-likeness (QED) is 0.882. The Hall–Kier alpha value is -2.89. The van der Waals surface area contributed by atoms with Crippen LogP contribution in [-0.2, 0) is 11.2 Å².